The molecule has 1 atom stereocenters. The van der Waals surface area contributed by atoms with Gasteiger partial charge in [-0.15, -0.1) is 0 Å². The Hall–Kier alpha value is -3.07. The van der Waals surface area contributed by atoms with E-state index >= 15 is 0 Å². The summed E-state index contributed by atoms with van der Waals surface area (Å²) >= 11 is 6.21. The average molecular weight is 487 g/mol. The lowest BCUT2D eigenvalue weighted by atomic mass is 9.95. The van der Waals surface area contributed by atoms with Crippen LogP contribution in [0.15, 0.2) is 48.0 Å². The Labute approximate surface area is 202 Å². The molecule has 34 heavy (non-hydrogen) atoms. The van der Waals surface area contributed by atoms with Gasteiger partial charge < -0.3 is 24.6 Å². The fraction of sp³-hybridized carbons (Fsp3) is 0.360. The Morgan fingerprint density at radius 2 is 1.91 bits per heavy atom. The molecule has 2 aromatic carbocycles. The second-order valence-corrected chi connectivity index (χ2v) is 8.67. The molecule has 0 aromatic heterocycles. The van der Waals surface area contributed by atoms with Crippen molar-refractivity contribution < 1.29 is 29.3 Å². The molecule has 2 fully saturated rings. The first-order valence-corrected chi connectivity index (χ1v) is 11.5. The molecule has 9 heteroatoms. The number of aliphatic hydroxyl groups excluding tert-OH is 1. The molecule has 1 amide bonds. The number of Topliss-reactive ketones (excluding diaryl/α,β-unsaturated/α-hetero) is 1. The van der Waals surface area contributed by atoms with E-state index in [1.54, 1.807) is 30.3 Å². The zero-order chi connectivity index (χ0) is 24.2. The number of nitrogens with zero attached hydrogens (tertiary/aromatic N) is 2. The van der Waals surface area contributed by atoms with Gasteiger partial charge in [0.2, 0.25) is 0 Å². The molecule has 180 valence electrons. The van der Waals surface area contributed by atoms with Crippen molar-refractivity contribution in [3.05, 3.63) is 64.2 Å². The second kappa shape index (κ2) is 10.5. The average Bonchev–Trinajstić information content (AvgIpc) is 3.09. The summed E-state index contributed by atoms with van der Waals surface area (Å²) in [5.41, 5.74) is 0.561. The number of aromatic hydroxyl groups is 1. The van der Waals surface area contributed by atoms with E-state index in [0.29, 0.717) is 42.5 Å². The molecule has 0 aliphatic carbocycles. The molecule has 0 unspecified atom stereocenters. The van der Waals surface area contributed by atoms with Gasteiger partial charge in [0, 0.05) is 37.3 Å². The number of carbonyl (C=O) groups is 2. The number of rotatable bonds is 7. The highest BCUT2D eigenvalue weighted by Crippen LogP contribution is 2.41. The fourth-order valence-corrected chi connectivity index (χ4v) is 4.61. The first kappa shape index (κ1) is 24.1. The minimum Gasteiger partial charge on any atom is -0.507 e. The van der Waals surface area contributed by atoms with Crippen LogP contribution in [0.2, 0.25) is 5.02 Å². The third-order valence-electron chi connectivity index (χ3n) is 6.14. The van der Waals surface area contributed by atoms with Gasteiger partial charge >= 0.3 is 0 Å². The Balaban J connectivity index is 1.70. The largest absolute Gasteiger partial charge is 0.507 e. The molecule has 0 spiro atoms. The van der Waals surface area contributed by atoms with E-state index in [1.807, 2.05) is 0 Å². The molecule has 2 heterocycles. The topological polar surface area (TPSA) is 99.5 Å². The van der Waals surface area contributed by atoms with Crippen LogP contribution in [0.5, 0.6) is 11.5 Å². The van der Waals surface area contributed by atoms with Crippen molar-refractivity contribution in [1.82, 2.24) is 9.80 Å². The number of hydrogen-bond donors (Lipinski definition) is 2. The monoisotopic (exact) mass is 486 g/mol. The fourth-order valence-electron chi connectivity index (χ4n) is 4.41. The predicted molar refractivity (Wildman–Crippen MR) is 127 cm³/mol. The number of carbonyl (C=O) groups excluding carboxylic acids is 2. The normalized spacial score (nSPS) is 20.6. The minimum absolute atomic E-state index is 0.0409. The molecule has 0 saturated carbocycles. The van der Waals surface area contributed by atoms with E-state index in [4.69, 9.17) is 21.1 Å². The van der Waals surface area contributed by atoms with Crippen molar-refractivity contribution >= 4 is 29.1 Å². The van der Waals surface area contributed by atoms with Crippen LogP contribution in [-0.4, -0.2) is 78.2 Å². The summed E-state index contributed by atoms with van der Waals surface area (Å²) in [6.07, 6.45) is 0.651. The van der Waals surface area contributed by atoms with Crippen molar-refractivity contribution in [3.8, 4) is 11.5 Å². The molecule has 2 aliphatic heterocycles. The van der Waals surface area contributed by atoms with Gasteiger partial charge in [-0.3, -0.25) is 14.5 Å². The van der Waals surface area contributed by atoms with Gasteiger partial charge in [0.15, 0.2) is 0 Å². The molecule has 0 radical (unpaired) electrons. The Morgan fingerprint density at radius 1 is 1.15 bits per heavy atom. The maximum atomic E-state index is 13.1. The molecule has 2 N–H and O–H groups in total. The summed E-state index contributed by atoms with van der Waals surface area (Å²) in [6, 6.07) is 10.4. The molecule has 2 saturated heterocycles. The number of hydrogen-bond acceptors (Lipinski definition) is 7. The van der Waals surface area contributed by atoms with Crippen LogP contribution in [0.3, 0.4) is 0 Å². The number of benzene rings is 2. The van der Waals surface area contributed by atoms with Crippen LogP contribution < -0.4 is 4.74 Å². The third kappa shape index (κ3) is 4.89. The van der Waals surface area contributed by atoms with E-state index in [0.717, 1.165) is 19.6 Å². The number of morpholine rings is 1. The molecule has 4 rings (SSSR count). The van der Waals surface area contributed by atoms with Crippen LogP contribution in [0.4, 0.5) is 0 Å². The van der Waals surface area contributed by atoms with Crippen molar-refractivity contribution in [1.29, 1.82) is 0 Å². The van der Waals surface area contributed by atoms with Crippen LogP contribution in [0.1, 0.15) is 23.6 Å². The van der Waals surface area contributed by atoms with E-state index < -0.39 is 23.5 Å². The number of ketones is 1. The highest BCUT2D eigenvalue weighted by molar-refractivity contribution is 6.46. The number of likely N-dealkylation sites (tertiary alicyclic amines) is 1. The molecular formula is C25H27ClN2O6. The number of phenolic OH excluding ortho intramolecular Hbond substituents is 1. The van der Waals surface area contributed by atoms with Crippen LogP contribution in [0.25, 0.3) is 5.76 Å². The van der Waals surface area contributed by atoms with Gasteiger partial charge in [-0.25, -0.2) is 0 Å². The molecule has 0 bridgehead atoms. The van der Waals surface area contributed by atoms with E-state index in [2.05, 4.69) is 4.90 Å². The standard InChI is InChI=1S/C25H27ClN2O6/c1-33-18-6-7-19(20(29)15-18)23(30)21-22(16-4-2-5-17(26)14-16)28(25(32)24(21)31)9-3-8-27-10-12-34-13-11-27/h2,4-7,14-15,22,29-30H,3,8-13H2,1H3/t22-/m0/s1. The van der Waals surface area contributed by atoms with Gasteiger partial charge in [-0.05, 0) is 36.2 Å². The number of phenols is 1. The van der Waals surface area contributed by atoms with Crippen molar-refractivity contribution in [2.24, 2.45) is 0 Å². The van der Waals surface area contributed by atoms with E-state index in [9.17, 15) is 19.8 Å². The van der Waals surface area contributed by atoms with Crippen molar-refractivity contribution in [3.63, 3.8) is 0 Å². The van der Waals surface area contributed by atoms with Gasteiger partial charge in [-0.1, -0.05) is 23.7 Å². The zero-order valence-electron chi connectivity index (χ0n) is 18.9. The van der Waals surface area contributed by atoms with Gasteiger partial charge in [0.25, 0.3) is 11.7 Å². The molecular weight excluding hydrogens is 460 g/mol. The molecule has 2 aliphatic rings. The zero-order valence-corrected chi connectivity index (χ0v) is 19.6. The number of methoxy groups -OCH3 is 1. The lowest BCUT2D eigenvalue weighted by Gasteiger charge is -2.29. The minimum atomic E-state index is -0.829. The Bertz CT molecular complexity index is 1110. The first-order valence-electron chi connectivity index (χ1n) is 11.1. The Kier molecular flexibility index (Phi) is 7.41. The van der Waals surface area contributed by atoms with Gasteiger partial charge in [0.1, 0.15) is 17.3 Å². The first-order chi connectivity index (χ1) is 16.4. The van der Waals surface area contributed by atoms with Crippen molar-refractivity contribution in [2.45, 2.75) is 12.5 Å². The number of amides is 1. The summed E-state index contributed by atoms with van der Waals surface area (Å²) < 4.78 is 10.5. The maximum Gasteiger partial charge on any atom is 0.295 e. The summed E-state index contributed by atoms with van der Waals surface area (Å²) in [4.78, 5) is 29.9. The summed E-state index contributed by atoms with van der Waals surface area (Å²) in [5, 5.41) is 22.0. The summed E-state index contributed by atoms with van der Waals surface area (Å²) in [7, 11) is 1.45. The van der Waals surface area contributed by atoms with Gasteiger partial charge in [0.05, 0.1) is 37.5 Å². The van der Waals surface area contributed by atoms with Crippen molar-refractivity contribution in [2.75, 3.05) is 46.5 Å². The van der Waals surface area contributed by atoms with E-state index in [1.165, 1.54) is 24.1 Å². The van der Waals surface area contributed by atoms with Crippen LogP contribution >= 0.6 is 11.6 Å². The quantitative estimate of drug-likeness (QED) is 0.352. The SMILES string of the molecule is COc1ccc(C(O)=C2C(=O)C(=O)N(CCCN3CCOCC3)[C@H]2c2cccc(Cl)c2)c(O)c1. The lowest BCUT2D eigenvalue weighted by molar-refractivity contribution is -0.140. The predicted octanol–water partition coefficient (Wildman–Crippen LogP) is 3.20. The second-order valence-electron chi connectivity index (χ2n) is 8.24. The lowest BCUT2D eigenvalue weighted by Crippen LogP contribution is -2.38. The van der Waals surface area contributed by atoms with E-state index in [-0.39, 0.29) is 16.9 Å². The maximum absolute atomic E-state index is 13.1. The molecule has 2 aromatic rings. The Morgan fingerprint density at radius 3 is 2.59 bits per heavy atom. The number of aliphatic hydroxyl groups is 1. The van der Waals surface area contributed by atoms with Crippen LogP contribution in [0, 0.1) is 0 Å². The summed E-state index contributed by atoms with van der Waals surface area (Å²) in [5.74, 6) is -1.81. The van der Waals surface area contributed by atoms with Gasteiger partial charge in [-0.2, -0.15) is 0 Å². The number of halogens is 1. The number of ether oxygens (including phenoxy) is 2. The van der Waals surface area contributed by atoms with Crippen LogP contribution in [-0.2, 0) is 14.3 Å². The smallest absolute Gasteiger partial charge is 0.295 e. The third-order valence-corrected chi connectivity index (χ3v) is 6.38. The highest BCUT2D eigenvalue weighted by Gasteiger charge is 2.46. The molecule has 8 nitrogen and oxygen atoms in total. The summed E-state index contributed by atoms with van der Waals surface area (Å²) in [6.45, 7) is 4.09. The highest BCUT2D eigenvalue weighted by atomic mass is 35.5.